The molecule has 0 saturated carbocycles. The minimum absolute atomic E-state index is 0.234. The number of likely N-dealkylation sites (tertiary alicyclic amines) is 1. The molecule has 0 atom stereocenters. The van der Waals surface area contributed by atoms with Gasteiger partial charge in [0.05, 0.1) is 30.6 Å². The molecule has 0 bridgehead atoms. The Morgan fingerprint density at radius 3 is 2.31 bits per heavy atom. The standard InChI is InChI=1S/C26H38BN3O5/c1-24(2,3)33-23(31)29-13-11-20(12-14-29)30-17-18(16-28-30)21-10-9-19(15-22(21)32-8)27-34-25(4,5)26(6,7)35-27/h9-10,15-17,20H,11-14H2,1-8H3. The first-order valence-electron chi connectivity index (χ1n) is 12.4. The van der Waals surface area contributed by atoms with Gasteiger partial charge in [-0.3, -0.25) is 4.68 Å². The Kier molecular flexibility index (Phi) is 6.70. The Hall–Kier alpha value is -2.52. The quantitative estimate of drug-likeness (QED) is 0.599. The van der Waals surface area contributed by atoms with Crippen molar-refractivity contribution in [3.63, 3.8) is 0 Å². The van der Waals surface area contributed by atoms with Crippen LogP contribution in [0, 0.1) is 0 Å². The van der Waals surface area contributed by atoms with Crippen LogP contribution in [0.1, 0.15) is 67.3 Å². The summed E-state index contributed by atoms with van der Waals surface area (Å²) in [5, 5.41) is 4.64. The lowest BCUT2D eigenvalue weighted by Crippen LogP contribution is -2.42. The lowest BCUT2D eigenvalue weighted by atomic mass is 9.78. The fraction of sp³-hybridized carbons (Fsp3) is 0.615. The molecule has 190 valence electrons. The summed E-state index contributed by atoms with van der Waals surface area (Å²) in [7, 11) is 1.23. The van der Waals surface area contributed by atoms with Gasteiger partial charge in [-0.1, -0.05) is 12.1 Å². The summed E-state index contributed by atoms with van der Waals surface area (Å²) in [6.07, 6.45) is 5.34. The smallest absolute Gasteiger partial charge is 0.494 e. The first-order valence-corrected chi connectivity index (χ1v) is 12.4. The van der Waals surface area contributed by atoms with Crippen molar-refractivity contribution in [2.45, 2.75) is 84.2 Å². The first-order chi connectivity index (χ1) is 16.3. The largest absolute Gasteiger partial charge is 0.496 e. The Morgan fingerprint density at radius 2 is 1.74 bits per heavy atom. The van der Waals surface area contributed by atoms with Crippen molar-refractivity contribution in [2.24, 2.45) is 0 Å². The zero-order chi connectivity index (χ0) is 25.6. The number of benzene rings is 1. The molecule has 1 aromatic carbocycles. The molecule has 4 rings (SSSR count). The molecule has 1 aromatic heterocycles. The Morgan fingerprint density at radius 1 is 1.11 bits per heavy atom. The highest BCUT2D eigenvalue weighted by Crippen LogP contribution is 2.37. The molecule has 2 aliphatic rings. The van der Waals surface area contributed by atoms with Gasteiger partial charge in [0.15, 0.2) is 0 Å². The van der Waals surface area contributed by atoms with Crippen molar-refractivity contribution in [2.75, 3.05) is 20.2 Å². The molecule has 0 aliphatic carbocycles. The van der Waals surface area contributed by atoms with Gasteiger partial charge in [-0.15, -0.1) is 0 Å². The molecule has 0 spiro atoms. The van der Waals surface area contributed by atoms with Crippen molar-refractivity contribution < 1.29 is 23.6 Å². The van der Waals surface area contributed by atoms with Crippen LogP contribution >= 0.6 is 0 Å². The third-order valence-corrected chi connectivity index (χ3v) is 7.15. The number of methoxy groups -OCH3 is 1. The number of nitrogens with zero attached hydrogens (tertiary/aromatic N) is 3. The second kappa shape index (κ2) is 9.17. The van der Waals surface area contributed by atoms with Crippen molar-refractivity contribution in [3.05, 3.63) is 30.6 Å². The molecule has 35 heavy (non-hydrogen) atoms. The summed E-state index contributed by atoms with van der Waals surface area (Å²) in [4.78, 5) is 14.1. The van der Waals surface area contributed by atoms with Gasteiger partial charge in [-0.25, -0.2) is 4.79 Å². The number of rotatable bonds is 4. The lowest BCUT2D eigenvalue weighted by molar-refractivity contribution is 0.00578. The molecule has 8 nitrogen and oxygen atoms in total. The van der Waals surface area contributed by atoms with Gasteiger partial charge in [-0.2, -0.15) is 5.10 Å². The second-order valence-electron chi connectivity index (χ2n) is 11.5. The summed E-state index contributed by atoms with van der Waals surface area (Å²) in [5.74, 6) is 0.747. The first kappa shape index (κ1) is 25.6. The molecule has 9 heteroatoms. The number of amides is 1. The van der Waals surface area contributed by atoms with E-state index in [0.29, 0.717) is 13.1 Å². The fourth-order valence-electron chi connectivity index (χ4n) is 4.39. The van der Waals surface area contributed by atoms with Crippen LogP contribution in [0.3, 0.4) is 0 Å². The van der Waals surface area contributed by atoms with Gasteiger partial charge < -0.3 is 23.7 Å². The third kappa shape index (κ3) is 5.36. The van der Waals surface area contributed by atoms with Crippen LogP contribution in [-0.4, -0.2) is 64.9 Å². The number of ether oxygens (including phenoxy) is 2. The summed E-state index contributed by atoms with van der Waals surface area (Å²) < 4.78 is 25.6. The van der Waals surface area contributed by atoms with Gasteiger partial charge in [0.1, 0.15) is 11.4 Å². The molecule has 2 aliphatic heterocycles. The summed E-state index contributed by atoms with van der Waals surface area (Å²) in [6.45, 7) is 15.2. The van der Waals surface area contributed by atoms with E-state index in [2.05, 4.69) is 11.3 Å². The number of aromatic nitrogens is 2. The number of carbonyl (C=O) groups is 1. The van der Waals surface area contributed by atoms with Gasteiger partial charge in [0, 0.05) is 30.4 Å². The maximum atomic E-state index is 12.4. The lowest BCUT2D eigenvalue weighted by Gasteiger charge is -2.33. The average Bonchev–Trinajstić information content (AvgIpc) is 3.34. The van der Waals surface area contributed by atoms with Crippen molar-refractivity contribution >= 4 is 18.7 Å². The molecule has 2 fully saturated rings. The molecule has 0 unspecified atom stereocenters. The van der Waals surface area contributed by atoms with Gasteiger partial charge >= 0.3 is 13.2 Å². The van der Waals surface area contributed by atoms with E-state index in [1.807, 2.05) is 77.5 Å². The van der Waals surface area contributed by atoms with Crippen molar-refractivity contribution in [1.29, 1.82) is 0 Å². The SMILES string of the molecule is COc1cc(B2OC(C)(C)C(C)(C)O2)ccc1-c1cnn(C2CCN(C(=O)OC(C)(C)C)CC2)c1. The van der Waals surface area contributed by atoms with Crippen LogP contribution in [-0.2, 0) is 14.0 Å². The predicted molar refractivity (Wildman–Crippen MR) is 136 cm³/mol. The Labute approximate surface area is 209 Å². The highest BCUT2D eigenvalue weighted by molar-refractivity contribution is 6.62. The molecule has 2 saturated heterocycles. The number of hydrogen-bond acceptors (Lipinski definition) is 6. The van der Waals surface area contributed by atoms with Crippen LogP contribution < -0.4 is 10.2 Å². The average molecular weight is 483 g/mol. The topological polar surface area (TPSA) is 75.0 Å². The molecule has 3 heterocycles. The van der Waals surface area contributed by atoms with E-state index in [4.69, 9.17) is 18.8 Å². The van der Waals surface area contributed by atoms with E-state index in [-0.39, 0.29) is 12.1 Å². The van der Waals surface area contributed by atoms with E-state index < -0.39 is 23.9 Å². The minimum Gasteiger partial charge on any atom is -0.496 e. The predicted octanol–water partition coefficient (Wildman–Crippen LogP) is 4.43. The van der Waals surface area contributed by atoms with Crippen molar-refractivity contribution in [1.82, 2.24) is 14.7 Å². The normalized spacial score (nSPS) is 20.2. The molecule has 0 radical (unpaired) electrons. The Bertz CT molecular complexity index is 1050. The minimum atomic E-state index is -0.484. The maximum absolute atomic E-state index is 12.4. The fourth-order valence-corrected chi connectivity index (χ4v) is 4.39. The van der Waals surface area contributed by atoms with E-state index in [1.54, 1.807) is 12.0 Å². The molecule has 2 aromatic rings. The number of hydrogen-bond donors (Lipinski definition) is 0. The molecular formula is C26H38BN3O5. The van der Waals surface area contributed by atoms with Gasteiger partial charge in [0.2, 0.25) is 0 Å². The second-order valence-corrected chi connectivity index (χ2v) is 11.5. The Balaban J connectivity index is 1.45. The van der Waals surface area contributed by atoms with E-state index in [9.17, 15) is 4.79 Å². The van der Waals surface area contributed by atoms with E-state index in [0.717, 1.165) is 35.2 Å². The van der Waals surface area contributed by atoms with Crippen LogP contribution in [0.15, 0.2) is 30.6 Å². The monoisotopic (exact) mass is 483 g/mol. The number of carbonyl (C=O) groups excluding carboxylic acids is 1. The van der Waals surface area contributed by atoms with Gasteiger partial charge in [0.25, 0.3) is 0 Å². The zero-order valence-corrected chi connectivity index (χ0v) is 22.3. The summed E-state index contributed by atoms with van der Waals surface area (Å²) >= 11 is 0. The molecule has 0 N–H and O–H groups in total. The summed E-state index contributed by atoms with van der Waals surface area (Å²) in [5.41, 5.74) is 1.59. The van der Waals surface area contributed by atoms with Crippen LogP contribution in [0.25, 0.3) is 11.1 Å². The number of piperidine rings is 1. The zero-order valence-electron chi connectivity index (χ0n) is 22.3. The van der Waals surface area contributed by atoms with Gasteiger partial charge in [-0.05, 0) is 72.8 Å². The third-order valence-electron chi connectivity index (χ3n) is 7.15. The molecule has 1 amide bonds. The maximum Gasteiger partial charge on any atom is 0.494 e. The van der Waals surface area contributed by atoms with Crippen LogP contribution in [0.2, 0.25) is 0 Å². The van der Waals surface area contributed by atoms with Crippen LogP contribution in [0.5, 0.6) is 5.75 Å². The van der Waals surface area contributed by atoms with Crippen molar-refractivity contribution in [3.8, 4) is 16.9 Å². The van der Waals surface area contributed by atoms with Crippen LogP contribution in [0.4, 0.5) is 4.79 Å². The highest BCUT2D eigenvalue weighted by Gasteiger charge is 2.51. The molecular weight excluding hydrogens is 445 g/mol. The van der Waals surface area contributed by atoms with E-state index in [1.165, 1.54) is 0 Å². The summed E-state index contributed by atoms with van der Waals surface area (Å²) in [6, 6.07) is 6.27. The van der Waals surface area contributed by atoms with E-state index >= 15 is 0 Å². The highest BCUT2D eigenvalue weighted by atomic mass is 16.7.